The molecule has 0 amide bonds. The van der Waals surface area contributed by atoms with Gasteiger partial charge in [-0.25, -0.2) is 4.98 Å². The summed E-state index contributed by atoms with van der Waals surface area (Å²) in [5, 5.41) is 0.830. The van der Waals surface area contributed by atoms with Crippen molar-refractivity contribution >= 4 is 45.0 Å². The molecule has 0 bridgehead atoms. The second-order valence-electron chi connectivity index (χ2n) is 5.98. The van der Waals surface area contributed by atoms with Gasteiger partial charge >= 0.3 is 0 Å². The minimum atomic E-state index is 0.0106. The first kappa shape index (κ1) is 14.8. The maximum absolute atomic E-state index is 12.5. The van der Waals surface area contributed by atoms with Gasteiger partial charge in [0, 0.05) is 14.6 Å². The second kappa shape index (κ2) is 6.06. The molecular weight excluding hydrogens is 324 g/mol. The Kier molecular flexibility index (Phi) is 3.91. The molecule has 118 valence electrons. The third-order valence-corrected chi connectivity index (χ3v) is 6.41. The van der Waals surface area contributed by atoms with Crippen molar-refractivity contribution < 1.29 is 0 Å². The molecule has 1 aliphatic rings. The molecule has 3 heterocycles. The lowest BCUT2D eigenvalue weighted by atomic mass is 10.1. The van der Waals surface area contributed by atoms with Crippen LogP contribution in [-0.2, 0) is 12.8 Å². The smallest absolute Gasteiger partial charge is 0.260 e. The standard InChI is InChI=1S/C18H18N2OS2/c1-11-7-8-12(22-11)9-10-15-19-17(21)16-13-5-3-2-4-6-14(13)23-18(16)20-15/h7-10H,2-6H2,1H3,(H,19,20,21)/b10-9+. The van der Waals surface area contributed by atoms with Gasteiger partial charge in [0.05, 0.1) is 5.39 Å². The van der Waals surface area contributed by atoms with E-state index in [1.165, 1.54) is 39.5 Å². The molecule has 3 nitrogen and oxygen atoms in total. The van der Waals surface area contributed by atoms with Gasteiger partial charge in [-0.15, -0.1) is 22.7 Å². The molecule has 0 radical (unpaired) electrons. The van der Waals surface area contributed by atoms with Gasteiger partial charge in [-0.2, -0.15) is 0 Å². The number of hydrogen-bond acceptors (Lipinski definition) is 4. The Hall–Kier alpha value is -1.72. The van der Waals surface area contributed by atoms with E-state index in [2.05, 4.69) is 29.0 Å². The lowest BCUT2D eigenvalue weighted by Gasteiger charge is -1.98. The summed E-state index contributed by atoms with van der Waals surface area (Å²) in [4.78, 5) is 24.9. The largest absolute Gasteiger partial charge is 0.306 e. The number of rotatable bonds is 2. The van der Waals surface area contributed by atoms with E-state index in [-0.39, 0.29) is 5.56 Å². The molecule has 3 aromatic heterocycles. The van der Waals surface area contributed by atoms with Crippen molar-refractivity contribution in [2.75, 3.05) is 0 Å². The van der Waals surface area contributed by atoms with Gasteiger partial charge in [0.2, 0.25) is 0 Å². The van der Waals surface area contributed by atoms with Gasteiger partial charge in [0.25, 0.3) is 5.56 Å². The monoisotopic (exact) mass is 342 g/mol. The van der Waals surface area contributed by atoms with Crippen molar-refractivity contribution in [1.82, 2.24) is 9.97 Å². The van der Waals surface area contributed by atoms with E-state index >= 15 is 0 Å². The second-order valence-corrected chi connectivity index (χ2v) is 8.38. The Morgan fingerprint density at radius 2 is 2.00 bits per heavy atom. The molecule has 0 unspecified atom stereocenters. The topological polar surface area (TPSA) is 45.8 Å². The van der Waals surface area contributed by atoms with Crippen LogP contribution >= 0.6 is 22.7 Å². The lowest BCUT2D eigenvalue weighted by molar-refractivity contribution is 0.713. The summed E-state index contributed by atoms with van der Waals surface area (Å²) in [7, 11) is 0. The highest BCUT2D eigenvalue weighted by molar-refractivity contribution is 7.18. The van der Waals surface area contributed by atoms with Gasteiger partial charge < -0.3 is 4.98 Å². The molecule has 0 fully saturated rings. The van der Waals surface area contributed by atoms with Crippen molar-refractivity contribution in [2.24, 2.45) is 0 Å². The molecule has 5 heteroatoms. The predicted octanol–water partition coefficient (Wildman–Crippen LogP) is 4.79. The first-order valence-corrected chi connectivity index (χ1v) is 9.63. The van der Waals surface area contributed by atoms with Crippen molar-refractivity contribution in [3.63, 3.8) is 0 Å². The Labute approximate surface area is 142 Å². The number of thiophene rings is 2. The number of fused-ring (bicyclic) bond motifs is 3. The molecule has 4 rings (SSSR count). The number of nitrogens with one attached hydrogen (secondary N) is 1. The number of aromatic amines is 1. The van der Waals surface area contributed by atoms with Gasteiger partial charge in [0.1, 0.15) is 10.7 Å². The van der Waals surface area contributed by atoms with Crippen molar-refractivity contribution in [3.8, 4) is 0 Å². The first-order valence-electron chi connectivity index (χ1n) is 8.00. The van der Waals surface area contributed by atoms with E-state index < -0.39 is 0 Å². The molecule has 0 spiro atoms. The van der Waals surface area contributed by atoms with E-state index in [0.29, 0.717) is 5.82 Å². The average molecular weight is 342 g/mol. The maximum Gasteiger partial charge on any atom is 0.260 e. The fourth-order valence-corrected chi connectivity index (χ4v) is 5.19. The van der Waals surface area contributed by atoms with Crippen molar-refractivity contribution in [3.05, 3.63) is 48.5 Å². The molecule has 23 heavy (non-hydrogen) atoms. The molecule has 1 N–H and O–H groups in total. The fourth-order valence-electron chi connectivity index (χ4n) is 3.14. The van der Waals surface area contributed by atoms with Gasteiger partial charge in [0.15, 0.2) is 0 Å². The molecular formula is C18H18N2OS2. The Balaban J connectivity index is 1.75. The minimum absolute atomic E-state index is 0.0106. The molecule has 0 atom stereocenters. The third kappa shape index (κ3) is 2.91. The third-order valence-electron chi connectivity index (χ3n) is 4.26. The van der Waals surface area contributed by atoms with Crippen LogP contribution in [0, 0.1) is 6.92 Å². The summed E-state index contributed by atoms with van der Waals surface area (Å²) in [6.07, 6.45) is 9.69. The summed E-state index contributed by atoms with van der Waals surface area (Å²) in [5.41, 5.74) is 1.26. The first-order chi connectivity index (χ1) is 11.2. The van der Waals surface area contributed by atoms with Crippen LogP contribution in [0.1, 0.15) is 45.3 Å². The van der Waals surface area contributed by atoms with Gasteiger partial charge in [-0.05, 0) is 62.5 Å². The van der Waals surface area contributed by atoms with Crippen LogP contribution in [0.15, 0.2) is 16.9 Å². The number of aromatic nitrogens is 2. The van der Waals surface area contributed by atoms with Crippen molar-refractivity contribution in [1.29, 1.82) is 0 Å². The Morgan fingerprint density at radius 1 is 1.13 bits per heavy atom. The van der Waals surface area contributed by atoms with Crippen LogP contribution in [0.3, 0.4) is 0 Å². The zero-order valence-corrected chi connectivity index (χ0v) is 14.6. The highest BCUT2D eigenvalue weighted by atomic mass is 32.1. The molecule has 0 aromatic carbocycles. The fraction of sp³-hybridized carbons (Fsp3) is 0.333. The number of H-pyrrole nitrogens is 1. The highest BCUT2D eigenvalue weighted by Crippen LogP contribution is 2.32. The predicted molar refractivity (Wildman–Crippen MR) is 99.5 cm³/mol. The number of hydrogen-bond donors (Lipinski definition) is 1. The van der Waals surface area contributed by atoms with Crippen LogP contribution < -0.4 is 5.56 Å². The summed E-state index contributed by atoms with van der Waals surface area (Å²) in [5.74, 6) is 0.643. The summed E-state index contributed by atoms with van der Waals surface area (Å²) < 4.78 is 0. The highest BCUT2D eigenvalue weighted by Gasteiger charge is 2.18. The summed E-state index contributed by atoms with van der Waals surface area (Å²) in [6, 6.07) is 4.18. The number of nitrogens with zero attached hydrogens (tertiary/aromatic N) is 1. The maximum atomic E-state index is 12.5. The quantitative estimate of drug-likeness (QED) is 0.680. The van der Waals surface area contributed by atoms with E-state index in [9.17, 15) is 4.79 Å². The van der Waals surface area contributed by atoms with E-state index in [1.54, 1.807) is 22.7 Å². The van der Waals surface area contributed by atoms with Gasteiger partial charge in [-0.3, -0.25) is 4.79 Å². The molecule has 3 aromatic rings. The summed E-state index contributed by atoms with van der Waals surface area (Å²) >= 11 is 3.44. The molecule has 1 aliphatic carbocycles. The van der Waals surface area contributed by atoms with E-state index in [0.717, 1.165) is 23.1 Å². The van der Waals surface area contributed by atoms with E-state index in [4.69, 9.17) is 0 Å². The van der Waals surface area contributed by atoms with Crippen LogP contribution in [0.25, 0.3) is 22.4 Å². The summed E-state index contributed by atoms with van der Waals surface area (Å²) in [6.45, 7) is 2.09. The van der Waals surface area contributed by atoms with Crippen molar-refractivity contribution in [2.45, 2.75) is 39.0 Å². The number of aryl methyl sites for hydroxylation is 3. The van der Waals surface area contributed by atoms with Crippen LogP contribution in [0.4, 0.5) is 0 Å². The molecule has 0 saturated carbocycles. The van der Waals surface area contributed by atoms with Crippen LogP contribution in [0.2, 0.25) is 0 Å². The molecule has 0 saturated heterocycles. The zero-order valence-electron chi connectivity index (χ0n) is 13.0. The van der Waals surface area contributed by atoms with Gasteiger partial charge in [-0.1, -0.05) is 6.42 Å². The lowest BCUT2D eigenvalue weighted by Crippen LogP contribution is -2.10. The average Bonchev–Trinajstić information content (AvgIpc) is 3.02. The zero-order chi connectivity index (χ0) is 15.8. The Morgan fingerprint density at radius 3 is 2.83 bits per heavy atom. The molecule has 0 aliphatic heterocycles. The van der Waals surface area contributed by atoms with Crippen LogP contribution in [0.5, 0.6) is 0 Å². The normalized spacial score (nSPS) is 15.2. The van der Waals surface area contributed by atoms with E-state index in [1.807, 2.05) is 12.2 Å². The SMILES string of the molecule is Cc1ccc(/C=C/c2nc3sc4c(c3c(=O)[nH]2)CCCCC4)s1. The Bertz CT molecular complexity index is 946. The van der Waals surface area contributed by atoms with Crippen LogP contribution in [-0.4, -0.2) is 9.97 Å². The minimum Gasteiger partial charge on any atom is -0.306 e.